The maximum atomic E-state index is 13.7. The highest BCUT2D eigenvalue weighted by molar-refractivity contribution is 7.92. The summed E-state index contributed by atoms with van der Waals surface area (Å²) in [6, 6.07) is 18.4. The number of sulfonamides is 1. The quantitative estimate of drug-likeness (QED) is 0.244. The molecule has 10 nitrogen and oxygen atoms in total. The molecule has 0 aliphatic rings. The van der Waals surface area contributed by atoms with Crippen LogP contribution in [0.1, 0.15) is 10.4 Å². The van der Waals surface area contributed by atoms with Crippen molar-refractivity contribution in [2.24, 2.45) is 0 Å². The Balaban J connectivity index is 1.64. The molecule has 3 aromatic carbocycles. The van der Waals surface area contributed by atoms with Gasteiger partial charge < -0.3 is 19.5 Å². The van der Waals surface area contributed by atoms with Crippen LogP contribution in [0.5, 0.6) is 5.75 Å². The number of carbonyl (C=O) groups is 1. The monoisotopic (exact) mass is 599 g/mol. The molecule has 0 bridgehead atoms. The second kappa shape index (κ2) is 10.6. The van der Waals surface area contributed by atoms with Gasteiger partial charge >= 0.3 is 0 Å². The van der Waals surface area contributed by atoms with E-state index in [9.17, 15) is 17.6 Å². The van der Waals surface area contributed by atoms with Crippen molar-refractivity contribution >= 4 is 43.5 Å². The number of ether oxygens (including phenoxy) is 1. The van der Waals surface area contributed by atoms with Gasteiger partial charge in [-0.1, -0.05) is 18.2 Å². The van der Waals surface area contributed by atoms with Gasteiger partial charge in [-0.2, -0.15) is 0 Å². The van der Waals surface area contributed by atoms with Crippen molar-refractivity contribution in [3.05, 3.63) is 84.3 Å². The lowest BCUT2D eigenvalue weighted by Crippen LogP contribution is -2.25. The third-order valence-electron chi connectivity index (χ3n) is 7.20. The molecule has 0 unspecified atom stereocenters. The van der Waals surface area contributed by atoms with Crippen LogP contribution in [0.4, 0.5) is 10.1 Å². The van der Waals surface area contributed by atoms with Crippen molar-refractivity contribution in [3.8, 4) is 39.8 Å². The Morgan fingerprint density at radius 1 is 1.09 bits per heavy atom. The van der Waals surface area contributed by atoms with Gasteiger partial charge in [-0.3, -0.25) is 9.10 Å². The average Bonchev–Trinajstić information content (AvgIpc) is 3.61. The second-order valence-corrected chi connectivity index (χ2v) is 11.9. The maximum absolute atomic E-state index is 13.7. The third-order valence-corrected chi connectivity index (χ3v) is 8.40. The van der Waals surface area contributed by atoms with Gasteiger partial charge in [0.15, 0.2) is 11.6 Å². The minimum Gasteiger partial charge on any atom is -0.493 e. The lowest BCUT2D eigenvalue weighted by atomic mass is 10.0. The zero-order valence-electron chi connectivity index (χ0n) is 23.6. The lowest BCUT2D eigenvalue weighted by Gasteiger charge is -2.20. The van der Waals surface area contributed by atoms with E-state index in [1.807, 2.05) is 30.3 Å². The fraction of sp³-hybridized carbons (Fsp3) is 0.129. The van der Waals surface area contributed by atoms with E-state index in [4.69, 9.17) is 14.1 Å². The molecule has 6 aromatic rings. The molecular weight excluding hydrogens is 573 g/mol. The van der Waals surface area contributed by atoms with Gasteiger partial charge in [0.1, 0.15) is 22.9 Å². The molecule has 43 heavy (non-hydrogen) atoms. The first-order valence-electron chi connectivity index (χ1n) is 13.1. The molecule has 0 radical (unpaired) electrons. The normalized spacial score (nSPS) is 11.7. The minimum atomic E-state index is -3.74. The SMILES string of the molecule is CNC(=O)c1c(-c2ccc(F)cc2)oc2cc(N(C)S(C)(=O)=O)c(-c3ncc(OC)c(-c4cc5ccccc5[nH]4)n3)cc12. The maximum Gasteiger partial charge on any atom is 0.255 e. The number of hydrogen-bond donors (Lipinski definition) is 2. The molecule has 0 aliphatic heterocycles. The molecule has 0 atom stereocenters. The first kappa shape index (κ1) is 27.9. The highest BCUT2D eigenvalue weighted by Gasteiger charge is 2.27. The Hall–Kier alpha value is -5.23. The first-order valence-corrected chi connectivity index (χ1v) is 15.0. The number of carbonyl (C=O) groups excluding carboxylic acids is 1. The van der Waals surface area contributed by atoms with Crippen LogP contribution in [0.25, 0.3) is 56.0 Å². The van der Waals surface area contributed by atoms with E-state index in [1.54, 1.807) is 6.07 Å². The van der Waals surface area contributed by atoms with Gasteiger partial charge in [0, 0.05) is 47.6 Å². The molecule has 1 amide bonds. The number of fused-ring (bicyclic) bond motifs is 2. The molecule has 0 fully saturated rings. The number of rotatable bonds is 7. The zero-order valence-corrected chi connectivity index (χ0v) is 24.4. The van der Waals surface area contributed by atoms with Gasteiger partial charge in [-0.15, -0.1) is 0 Å². The molecule has 0 spiro atoms. The van der Waals surface area contributed by atoms with Gasteiger partial charge in [0.25, 0.3) is 5.91 Å². The largest absolute Gasteiger partial charge is 0.493 e. The van der Waals surface area contributed by atoms with Crippen molar-refractivity contribution < 1.29 is 26.8 Å². The summed E-state index contributed by atoms with van der Waals surface area (Å²) < 4.78 is 52.0. The molecule has 0 saturated heterocycles. The van der Waals surface area contributed by atoms with E-state index in [-0.39, 0.29) is 28.4 Å². The highest BCUT2D eigenvalue weighted by atomic mass is 32.2. The van der Waals surface area contributed by atoms with E-state index >= 15 is 0 Å². The fourth-order valence-electron chi connectivity index (χ4n) is 4.95. The number of nitrogens with one attached hydrogen (secondary N) is 2. The number of methoxy groups -OCH3 is 1. The Labute approximate surface area is 246 Å². The van der Waals surface area contributed by atoms with Crippen LogP contribution in [0.15, 0.2) is 77.3 Å². The number of benzene rings is 3. The van der Waals surface area contributed by atoms with Gasteiger partial charge in [0.2, 0.25) is 10.0 Å². The van der Waals surface area contributed by atoms with Crippen molar-refractivity contribution in [2.75, 3.05) is 31.8 Å². The fourth-order valence-corrected chi connectivity index (χ4v) is 5.46. The predicted octanol–water partition coefficient (Wildman–Crippen LogP) is 5.61. The molecule has 0 saturated carbocycles. The van der Waals surface area contributed by atoms with Crippen LogP contribution >= 0.6 is 0 Å². The van der Waals surface area contributed by atoms with Crippen LogP contribution in [-0.2, 0) is 10.0 Å². The average molecular weight is 600 g/mol. The number of halogens is 1. The minimum absolute atomic E-state index is 0.189. The topological polar surface area (TPSA) is 130 Å². The molecule has 2 N–H and O–H groups in total. The summed E-state index contributed by atoms with van der Waals surface area (Å²) in [5, 5.41) is 4.00. The number of para-hydroxylation sites is 1. The number of furan rings is 1. The number of hydrogen-bond acceptors (Lipinski definition) is 7. The van der Waals surface area contributed by atoms with E-state index in [2.05, 4.69) is 15.3 Å². The summed E-state index contributed by atoms with van der Waals surface area (Å²) in [5.74, 6) is -0.0868. The Morgan fingerprint density at radius 3 is 2.51 bits per heavy atom. The standard InChI is InChI=1S/C31H26FN5O5S/c1-33-31(38)27-21-14-20(30-34-16-26(41-3)28(36-30)23-13-18-7-5-6-8-22(18)35-23)24(37(2)43(4,39)40)15-25(21)42-29(27)17-9-11-19(32)12-10-17/h5-16,35H,1-4H3,(H,33,38). The number of anilines is 1. The number of amides is 1. The van der Waals surface area contributed by atoms with Crippen molar-refractivity contribution in [1.82, 2.24) is 20.3 Å². The molecule has 3 heterocycles. The molecule has 12 heteroatoms. The van der Waals surface area contributed by atoms with E-state index in [0.29, 0.717) is 33.7 Å². The summed E-state index contributed by atoms with van der Waals surface area (Å²) >= 11 is 0. The van der Waals surface area contributed by atoms with E-state index in [0.717, 1.165) is 21.5 Å². The third kappa shape index (κ3) is 4.95. The van der Waals surface area contributed by atoms with Gasteiger partial charge in [-0.25, -0.2) is 22.8 Å². The Kier molecular flexibility index (Phi) is 6.85. The highest BCUT2D eigenvalue weighted by Crippen LogP contribution is 2.41. The molecular formula is C31H26FN5O5S. The van der Waals surface area contributed by atoms with Crippen LogP contribution in [0.3, 0.4) is 0 Å². The predicted molar refractivity (Wildman–Crippen MR) is 163 cm³/mol. The molecule has 0 aliphatic carbocycles. The Morgan fingerprint density at radius 2 is 1.84 bits per heavy atom. The second-order valence-electron chi connectivity index (χ2n) is 9.87. The van der Waals surface area contributed by atoms with Crippen LogP contribution in [0, 0.1) is 5.82 Å². The summed E-state index contributed by atoms with van der Waals surface area (Å²) in [4.78, 5) is 25.9. The zero-order chi connectivity index (χ0) is 30.5. The number of nitrogens with zero attached hydrogens (tertiary/aromatic N) is 3. The van der Waals surface area contributed by atoms with E-state index < -0.39 is 21.7 Å². The van der Waals surface area contributed by atoms with E-state index in [1.165, 1.54) is 57.7 Å². The van der Waals surface area contributed by atoms with Crippen LogP contribution in [-0.4, -0.2) is 56.7 Å². The van der Waals surface area contributed by atoms with Gasteiger partial charge in [-0.05, 0) is 42.5 Å². The van der Waals surface area contributed by atoms with Crippen molar-refractivity contribution in [3.63, 3.8) is 0 Å². The molecule has 6 rings (SSSR count). The van der Waals surface area contributed by atoms with Gasteiger partial charge in [0.05, 0.1) is 36.5 Å². The molecule has 3 aromatic heterocycles. The first-order chi connectivity index (χ1) is 20.6. The lowest BCUT2D eigenvalue weighted by molar-refractivity contribution is 0.0964. The molecule has 218 valence electrons. The summed E-state index contributed by atoms with van der Waals surface area (Å²) in [7, 11) is 0.663. The summed E-state index contributed by atoms with van der Waals surface area (Å²) in [5.41, 5.74) is 3.51. The summed E-state index contributed by atoms with van der Waals surface area (Å²) in [6.07, 6.45) is 2.59. The van der Waals surface area contributed by atoms with Crippen molar-refractivity contribution in [1.29, 1.82) is 0 Å². The van der Waals surface area contributed by atoms with Crippen molar-refractivity contribution in [2.45, 2.75) is 0 Å². The number of aromatic nitrogens is 3. The summed E-state index contributed by atoms with van der Waals surface area (Å²) in [6.45, 7) is 0. The number of aromatic amines is 1. The number of H-pyrrole nitrogens is 1. The van der Waals surface area contributed by atoms with Crippen LogP contribution in [0.2, 0.25) is 0 Å². The Bertz CT molecular complexity index is 2110. The van der Waals surface area contributed by atoms with Crippen LogP contribution < -0.4 is 14.4 Å². The smallest absolute Gasteiger partial charge is 0.255 e.